The monoisotopic (exact) mass is 444 g/mol. The van der Waals surface area contributed by atoms with E-state index in [4.69, 9.17) is 14.2 Å². The van der Waals surface area contributed by atoms with Gasteiger partial charge in [0, 0.05) is 11.1 Å². The minimum absolute atomic E-state index is 0.223. The van der Waals surface area contributed by atoms with E-state index in [0.29, 0.717) is 16.9 Å². The summed E-state index contributed by atoms with van der Waals surface area (Å²) in [5.41, 5.74) is 1.89. The molecule has 10 nitrogen and oxygen atoms in total. The van der Waals surface area contributed by atoms with E-state index in [-0.39, 0.29) is 24.4 Å². The van der Waals surface area contributed by atoms with Crippen molar-refractivity contribution in [3.63, 3.8) is 0 Å². The number of hydrogen-bond donors (Lipinski definition) is 4. The van der Waals surface area contributed by atoms with Gasteiger partial charge in [0.1, 0.15) is 24.6 Å². The quantitative estimate of drug-likeness (QED) is 0.465. The Morgan fingerprint density at radius 2 is 1.78 bits per heavy atom. The zero-order valence-corrected chi connectivity index (χ0v) is 16.6. The van der Waals surface area contributed by atoms with Gasteiger partial charge in [-0.25, -0.2) is 4.79 Å². The lowest BCUT2D eigenvalue weighted by atomic mass is 9.97. The van der Waals surface area contributed by atoms with Crippen LogP contribution < -0.4 is 4.74 Å². The Morgan fingerprint density at radius 1 is 1.03 bits per heavy atom. The molecular weight excluding hydrogens is 424 g/mol. The third-order valence-corrected chi connectivity index (χ3v) is 5.36. The van der Waals surface area contributed by atoms with Crippen molar-refractivity contribution in [1.29, 1.82) is 0 Å². The number of carbonyl (C=O) groups is 3. The van der Waals surface area contributed by atoms with Crippen LogP contribution in [0.4, 0.5) is 0 Å². The predicted molar refractivity (Wildman–Crippen MR) is 105 cm³/mol. The number of aliphatic carboxylic acids is 1. The van der Waals surface area contributed by atoms with Crippen molar-refractivity contribution in [2.24, 2.45) is 0 Å². The van der Waals surface area contributed by atoms with Crippen LogP contribution >= 0.6 is 0 Å². The first-order valence-corrected chi connectivity index (χ1v) is 9.76. The van der Waals surface area contributed by atoms with E-state index in [1.807, 2.05) is 0 Å². The van der Waals surface area contributed by atoms with Gasteiger partial charge in [0.05, 0.1) is 12.0 Å². The number of carboxylic acids is 1. The molecule has 0 radical (unpaired) electrons. The molecule has 32 heavy (non-hydrogen) atoms. The Bertz CT molecular complexity index is 1060. The Morgan fingerprint density at radius 3 is 2.53 bits per heavy atom. The first-order chi connectivity index (χ1) is 15.3. The van der Waals surface area contributed by atoms with Crippen LogP contribution in [0, 0.1) is 0 Å². The zero-order valence-electron chi connectivity index (χ0n) is 16.6. The van der Waals surface area contributed by atoms with Gasteiger partial charge < -0.3 is 34.6 Å². The summed E-state index contributed by atoms with van der Waals surface area (Å²) < 4.78 is 15.5. The Hall–Kier alpha value is -3.31. The smallest absolute Gasteiger partial charge is 0.336 e. The van der Waals surface area contributed by atoms with Crippen LogP contribution in [0.15, 0.2) is 42.5 Å². The number of carbonyl (C=O) groups excluding carboxylic acids is 2. The second-order valence-electron chi connectivity index (χ2n) is 7.50. The summed E-state index contributed by atoms with van der Waals surface area (Å²) in [6.07, 6.45) is -9.63. The molecule has 2 aromatic rings. The lowest BCUT2D eigenvalue weighted by Gasteiger charge is -2.38. The molecule has 4 rings (SSSR count). The van der Waals surface area contributed by atoms with Gasteiger partial charge in [-0.1, -0.05) is 30.3 Å². The molecule has 2 aliphatic heterocycles. The van der Waals surface area contributed by atoms with Crippen LogP contribution in [0.1, 0.15) is 27.0 Å². The van der Waals surface area contributed by atoms with Crippen molar-refractivity contribution in [2.45, 2.75) is 43.7 Å². The third kappa shape index (κ3) is 4.08. The Balaban J connectivity index is 1.52. The fraction of sp³-hybridized carbons (Fsp3) is 0.318. The molecule has 0 aromatic heterocycles. The molecule has 2 heterocycles. The number of benzene rings is 2. The summed E-state index contributed by atoms with van der Waals surface area (Å²) in [7, 11) is 0. The molecule has 0 saturated carbocycles. The molecule has 168 valence electrons. The number of ketones is 1. The summed E-state index contributed by atoms with van der Waals surface area (Å²) in [4.78, 5) is 36.8. The van der Waals surface area contributed by atoms with E-state index < -0.39 is 42.6 Å². The van der Waals surface area contributed by atoms with E-state index in [2.05, 4.69) is 0 Å². The number of esters is 1. The molecule has 10 heteroatoms. The Kier molecular flexibility index (Phi) is 5.94. The number of hydrogen-bond acceptors (Lipinski definition) is 9. The molecule has 2 aliphatic rings. The fourth-order valence-corrected chi connectivity index (χ4v) is 3.70. The van der Waals surface area contributed by atoms with Gasteiger partial charge in [-0.3, -0.25) is 9.59 Å². The van der Waals surface area contributed by atoms with Crippen molar-refractivity contribution < 1.29 is 49.0 Å². The lowest BCUT2D eigenvalue weighted by Crippen LogP contribution is -2.61. The number of fused-ring (bicyclic) bond motifs is 2. The van der Waals surface area contributed by atoms with Crippen LogP contribution in [0.5, 0.6) is 5.75 Å². The topological polar surface area (TPSA) is 160 Å². The Labute approximate surface area is 181 Å². The number of aliphatic hydroxyl groups is 3. The number of aliphatic hydroxyl groups excluding tert-OH is 3. The highest BCUT2D eigenvalue weighted by atomic mass is 16.7. The van der Waals surface area contributed by atoms with Gasteiger partial charge >= 0.3 is 11.9 Å². The third-order valence-electron chi connectivity index (χ3n) is 5.36. The summed E-state index contributed by atoms with van der Waals surface area (Å²) in [5, 5.41) is 38.5. The van der Waals surface area contributed by atoms with Gasteiger partial charge in [-0.2, -0.15) is 0 Å². The van der Waals surface area contributed by atoms with Crippen molar-refractivity contribution >= 4 is 17.7 Å². The maximum Gasteiger partial charge on any atom is 0.336 e. The average Bonchev–Trinajstić information content (AvgIpc) is 2.91. The minimum Gasteiger partial charge on any atom is -0.488 e. The van der Waals surface area contributed by atoms with Gasteiger partial charge in [-0.05, 0) is 17.7 Å². The number of carboxylic acid groups (broad SMARTS) is 1. The van der Waals surface area contributed by atoms with Crippen LogP contribution in [-0.2, 0) is 32.1 Å². The van der Waals surface area contributed by atoms with Gasteiger partial charge in [-0.15, -0.1) is 0 Å². The SMILES string of the molecule is O=C(Cc1ccc2c(c1)C(=O)c1ccccc1CO2)O[C@H]1[C@H](O)[C@@H](O)[C@@H](O)O[C@@H]1C(=O)O. The normalized spacial score (nSPS) is 26.8. The summed E-state index contributed by atoms with van der Waals surface area (Å²) in [6.45, 7) is 0.223. The fourth-order valence-electron chi connectivity index (χ4n) is 3.70. The largest absolute Gasteiger partial charge is 0.488 e. The van der Waals surface area contributed by atoms with Crippen molar-refractivity contribution in [3.05, 3.63) is 64.7 Å². The second kappa shape index (κ2) is 8.67. The molecule has 5 atom stereocenters. The van der Waals surface area contributed by atoms with Crippen LogP contribution in [0.2, 0.25) is 0 Å². The van der Waals surface area contributed by atoms with Crippen LogP contribution in [-0.4, -0.2) is 68.9 Å². The molecule has 1 saturated heterocycles. The van der Waals surface area contributed by atoms with E-state index in [9.17, 15) is 34.8 Å². The summed E-state index contributed by atoms with van der Waals surface area (Å²) in [6, 6.07) is 11.6. The standard InChI is InChI=1S/C22H20O10/c23-15(31-19-17(25)18(26)22(29)32-20(19)21(27)28)8-10-5-6-14-13(7-10)16(24)12-4-2-1-3-11(12)9-30-14/h1-7,17-20,22,25-26,29H,8-9H2,(H,27,28)/t17-,18-,19+,20+,22+/m1/s1. The van der Waals surface area contributed by atoms with E-state index in [0.717, 1.165) is 5.56 Å². The second-order valence-corrected chi connectivity index (χ2v) is 7.50. The predicted octanol–water partition coefficient (Wildman–Crippen LogP) is -0.212. The molecule has 4 N–H and O–H groups in total. The molecule has 1 fully saturated rings. The summed E-state index contributed by atoms with van der Waals surface area (Å²) in [5.74, 6) is -2.40. The molecule has 0 amide bonds. The van der Waals surface area contributed by atoms with Crippen LogP contribution in [0.3, 0.4) is 0 Å². The van der Waals surface area contributed by atoms with Crippen molar-refractivity contribution in [2.75, 3.05) is 0 Å². The molecule has 0 aliphatic carbocycles. The maximum atomic E-state index is 12.9. The van der Waals surface area contributed by atoms with Gasteiger partial charge in [0.15, 0.2) is 24.3 Å². The highest BCUT2D eigenvalue weighted by molar-refractivity contribution is 6.12. The maximum absolute atomic E-state index is 12.9. The summed E-state index contributed by atoms with van der Waals surface area (Å²) >= 11 is 0. The van der Waals surface area contributed by atoms with E-state index in [1.54, 1.807) is 36.4 Å². The van der Waals surface area contributed by atoms with Crippen LogP contribution in [0.25, 0.3) is 0 Å². The highest BCUT2D eigenvalue weighted by Gasteiger charge is 2.49. The number of rotatable bonds is 4. The zero-order chi connectivity index (χ0) is 23.0. The first-order valence-electron chi connectivity index (χ1n) is 9.76. The minimum atomic E-state index is -1.94. The molecule has 0 spiro atoms. The molecule has 0 unspecified atom stereocenters. The van der Waals surface area contributed by atoms with E-state index in [1.165, 1.54) is 6.07 Å². The molecule has 2 aromatic carbocycles. The van der Waals surface area contributed by atoms with Gasteiger partial charge in [0.2, 0.25) is 0 Å². The first kappa shape index (κ1) is 21.9. The molecular formula is C22H20O10. The van der Waals surface area contributed by atoms with E-state index >= 15 is 0 Å². The molecule has 0 bridgehead atoms. The average molecular weight is 444 g/mol. The van der Waals surface area contributed by atoms with Crippen molar-refractivity contribution in [1.82, 2.24) is 0 Å². The van der Waals surface area contributed by atoms with Crippen molar-refractivity contribution in [3.8, 4) is 5.75 Å². The number of ether oxygens (including phenoxy) is 3. The lowest BCUT2D eigenvalue weighted by molar-refractivity contribution is -0.283. The van der Waals surface area contributed by atoms with Gasteiger partial charge in [0.25, 0.3) is 0 Å². The highest BCUT2D eigenvalue weighted by Crippen LogP contribution is 2.30.